The van der Waals surface area contributed by atoms with Crippen molar-refractivity contribution >= 4 is 35.6 Å². The van der Waals surface area contributed by atoms with Crippen molar-refractivity contribution in [3.63, 3.8) is 0 Å². The smallest absolute Gasteiger partial charge is 0.329 e. The summed E-state index contributed by atoms with van der Waals surface area (Å²) in [7, 11) is 0. The number of carbonyl (C=O) groups excluding carboxylic acids is 6. The van der Waals surface area contributed by atoms with Gasteiger partial charge in [-0.05, 0) is 55.9 Å². The second-order valence-electron chi connectivity index (χ2n) is 13.0. The largest absolute Gasteiger partial charge is 0.508 e. The van der Waals surface area contributed by atoms with Crippen LogP contribution in [0.1, 0.15) is 57.4 Å². The highest BCUT2D eigenvalue weighted by atomic mass is 16.5. The highest BCUT2D eigenvalue weighted by Gasteiger charge is 2.47. The van der Waals surface area contributed by atoms with E-state index >= 15 is 0 Å². The number of phenolic OH excluding ortho intramolecular Hbond substituents is 4. The number of imidazole rings is 1. The average molecular weight is 737 g/mol. The summed E-state index contributed by atoms with van der Waals surface area (Å²) in [5, 5.41) is 38.6. The number of rotatable bonds is 13. The molecule has 1 aromatic heterocycles. The van der Waals surface area contributed by atoms with Crippen molar-refractivity contribution in [2.24, 2.45) is 17.8 Å². The fraction of sp³-hybridized carbons (Fsp3) is 0.432. The van der Waals surface area contributed by atoms with Gasteiger partial charge in [-0.2, -0.15) is 0 Å². The summed E-state index contributed by atoms with van der Waals surface area (Å²) in [6.07, 6.45) is 3.21. The maximum Gasteiger partial charge on any atom is 0.329 e. The van der Waals surface area contributed by atoms with E-state index < -0.39 is 59.5 Å². The highest BCUT2D eigenvalue weighted by molar-refractivity contribution is 6.07. The van der Waals surface area contributed by atoms with E-state index in [-0.39, 0.29) is 74.2 Å². The van der Waals surface area contributed by atoms with Crippen molar-refractivity contribution in [2.75, 3.05) is 13.2 Å². The van der Waals surface area contributed by atoms with Crippen molar-refractivity contribution in [1.29, 1.82) is 0 Å². The number of likely N-dealkylation sites (tertiary alicyclic amines) is 2. The van der Waals surface area contributed by atoms with E-state index in [1.165, 1.54) is 48.9 Å². The van der Waals surface area contributed by atoms with Gasteiger partial charge in [0.25, 0.3) is 0 Å². The molecule has 2 saturated heterocycles. The van der Waals surface area contributed by atoms with E-state index in [4.69, 9.17) is 9.47 Å². The third-order valence-electron chi connectivity index (χ3n) is 8.90. The van der Waals surface area contributed by atoms with Crippen molar-refractivity contribution in [1.82, 2.24) is 19.8 Å². The zero-order valence-electron chi connectivity index (χ0n) is 29.9. The van der Waals surface area contributed by atoms with Crippen LogP contribution in [0.15, 0.2) is 48.9 Å². The van der Waals surface area contributed by atoms with Crippen LogP contribution in [-0.4, -0.2) is 101 Å². The topological polar surface area (TPSA) is 237 Å². The van der Waals surface area contributed by atoms with Gasteiger partial charge in [0.1, 0.15) is 35.1 Å². The number of amides is 4. The second kappa shape index (κ2) is 17.5. The number of carbonyl (C=O) groups is 6. The molecule has 16 nitrogen and oxygen atoms in total. The summed E-state index contributed by atoms with van der Waals surface area (Å²) in [5.41, 5.74) is 1.49. The summed E-state index contributed by atoms with van der Waals surface area (Å²) in [6.45, 7) is 7.11. The molecule has 0 spiro atoms. The number of hydrogen-bond donors (Lipinski definition) is 5. The monoisotopic (exact) mass is 736 g/mol. The molecule has 4 unspecified atom stereocenters. The van der Waals surface area contributed by atoms with Crippen molar-refractivity contribution in [2.45, 2.75) is 71.9 Å². The zero-order valence-corrected chi connectivity index (χ0v) is 29.9. The first-order valence-corrected chi connectivity index (χ1v) is 17.2. The lowest BCUT2D eigenvalue weighted by atomic mass is 9.97. The number of aromatic amines is 1. The highest BCUT2D eigenvalue weighted by Crippen LogP contribution is 2.33. The summed E-state index contributed by atoms with van der Waals surface area (Å²) in [5.74, 6) is -5.17. The lowest BCUT2D eigenvalue weighted by molar-refractivity contribution is -0.160. The maximum absolute atomic E-state index is 12.9. The van der Waals surface area contributed by atoms with Crippen LogP contribution < -0.4 is 0 Å². The zero-order chi connectivity index (χ0) is 39.0. The Labute approximate surface area is 305 Å². The molecule has 4 amide bonds. The number of esters is 2. The lowest BCUT2D eigenvalue weighted by Crippen LogP contribution is -2.49. The molecule has 0 saturated carbocycles. The Morgan fingerprint density at radius 3 is 1.74 bits per heavy atom. The second-order valence-corrected chi connectivity index (χ2v) is 13.0. The van der Waals surface area contributed by atoms with Gasteiger partial charge in [-0.15, -0.1) is 0 Å². The molecule has 2 aliphatic heterocycles. The minimum atomic E-state index is -1.08. The molecular formula is C37H44N4O12. The number of aromatic nitrogens is 2. The summed E-state index contributed by atoms with van der Waals surface area (Å²) in [4.78, 5) is 83.9. The standard InChI is InChI=1S/C19H21N3O6.C18H23NO6/c1-2-28-19(27)15(7-13-9-20-10-21-13)22-17(25)6-12(18(22)26)5-11-3-4-14(23)8-16(11)24;1-4-25-18(24)16(10(2)3)19-15(22)8-12(17(19)23)7-11-5-6-13(20)9-14(11)21/h3-4,8-10,12,15,23-24H,2,5-7H2,1H3,(H,20,21);5-6,9-10,12,16,20-21H,4,7-8H2,1-3H3. The molecule has 2 aliphatic rings. The van der Waals surface area contributed by atoms with E-state index in [0.29, 0.717) is 16.8 Å². The maximum atomic E-state index is 12.9. The minimum absolute atomic E-state index is 0.0260. The molecule has 53 heavy (non-hydrogen) atoms. The van der Waals surface area contributed by atoms with E-state index in [2.05, 4.69) is 9.97 Å². The number of imide groups is 2. The van der Waals surface area contributed by atoms with Crippen LogP contribution in [0.3, 0.4) is 0 Å². The Bertz CT molecular complexity index is 1830. The summed E-state index contributed by atoms with van der Waals surface area (Å²) >= 11 is 0. The van der Waals surface area contributed by atoms with Gasteiger partial charge in [0.15, 0.2) is 0 Å². The summed E-state index contributed by atoms with van der Waals surface area (Å²) < 4.78 is 10.1. The Morgan fingerprint density at radius 1 is 0.792 bits per heavy atom. The van der Waals surface area contributed by atoms with Crippen LogP contribution in [0.4, 0.5) is 0 Å². The Hall–Kier alpha value is -5.93. The SMILES string of the molecule is CCOC(=O)C(C(C)C)N1C(=O)CC(Cc2ccc(O)cc2O)C1=O.CCOC(=O)C(Cc1cnc[nH]1)N1C(=O)CC(Cc2ccc(O)cc2O)C1=O. The van der Waals surface area contributed by atoms with Gasteiger partial charge in [0.2, 0.25) is 23.6 Å². The van der Waals surface area contributed by atoms with E-state index in [1.54, 1.807) is 27.7 Å². The molecule has 3 heterocycles. The quantitative estimate of drug-likeness (QED) is 0.125. The fourth-order valence-corrected chi connectivity index (χ4v) is 6.38. The van der Waals surface area contributed by atoms with Gasteiger partial charge in [-0.1, -0.05) is 26.0 Å². The fourth-order valence-electron chi connectivity index (χ4n) is 6.38. The third-order valence-corrected chi connectivity index (χ3v) is 8.90. The number of benzene rings is 2. The normalized spacial score (nSPS) is 18.2. The Balaban J connectivity index is 0.000000238. The predicted octanol–water partition coefficient (Wildman–Crippen LogP) is 2.52. The molecule has 16 heteroatoms. The molecule has 2 fully saturated rings. The molecular weight excluding hydrogens is 692 g/mol. The Kier molecular flexibility index (Phi) is 13.2. The molecule has 0 aliphatic carbocycles. The lowest BCUT2D eigenvalue weighted by Gasteiger charge is -2.27. The number of nitrogens with one attached hydrogen (secondary N) is 1. The van der Waals surface area contributed by atoms with Crippen LogP contribution in [0, 0.1) is 17.8 Å². The number of hydrogen-bond acceptors (Lipinski definition) is 13. The number of phenols is 4. The molecule has 0 radical (unpaired) electrons. The van der Waals surface area contributed by atoms with Crippen molar-refractivity contribution in [3.05, 3.63) is 65.7 Å². The van der Waals surface area contributed by atoms with E-state index in [1.807, 2.05) is 0 Å². The molecule has 5 rings (SSSR count). The first-order chi connectivity index (χ1) is 25.2. The number of aromatic hydroxyl groups is 4. The van der Waals surface area contributed by atoms with Gasteiger partial charge in [-0.3, -0.25) is 29.0 Å². The van der Waals surface area contributed by atoms with Crippen LogP contribution in [0.2, 0.25) is 0 Å². The predicted molar refractivity (Wildman–Crippen MR) is 185 cm³/mol. The minimum Gasteiger partial charge on any atom is -0.508 e. The van der Waals surface area contributed by atoms with E-state index in [0.717, 1.165) is 9.80 Å². The number of ether oxygens (including phenoxy) is 2. The average Bonchev–Trinajstić information content (AvgIpc) is 3.78. The van der Waals surface area contributed by atoms with Crippen LogP contribution >= 0.6 is 0 Å². The van der Waals surface area contributed by atoms with Gasteiger partial charge in [-0.25, -0.2) is 14.6 Å². The molecule has 0 bridgehead atoms. The van der Waals surface area contributed by atoms with Gasteiger partial charge in [0, 0.05) is 43.3 Å². The number of nitrogens with zero attached hydrogens (tertiary/aromatic N) is 3. The van der Waals surface area contributed by atoms with Gasteiger partial charge < -0.3 is 34.9 Å². The molecule has 3 aromatic rings. The number of H-pyrrole nitrogens is 1. The van der Waals surface area contributed by atoms with Gasteiger partial charge in [0.05, 0.1) is 31.4 Å². The van der Waals surface area contributed by atoms with E-state index in [9.17, 15) is 49.2 Å². The Morgan fingerprint density at radius 2 is 1.28 bits per heavy atom. The third kappa shape index (κ3) is 9.50. The molecule has 4 atom stereocenters. The van der Waals surface area contributed by atoms with Crippen molar-refractivity contribution in [3.8, 4) is 23.0 Å². The van der Waals surface area contributed by atoms with Crippen LogP contribution in [0.5, 0.6) is 23.0 Å². The van der Waals surface area contributed by atoms with Gasteiger partial charge >= 0.3 is 11.9 Å². The first kappa shape index (κ1) is 39.8. The molecule has 2 aromatic carbocycles. The molecule has 5 N–H and O–H groups in total. The van der Waals surface area contributed by atoms with Crippen LogP contribution in [-0.2, 0) is 57.5 Å². The summed E-state index contributed by atoms with van der Waals surface area (Å²) in [6, 6.07) is 6.14. The van der Waals surface area contributed by atoms with Crippen molar-refractivity contribution < 1.29 is 58.7 Å². The molecule has 284 valence electrons. The first-order valence-electron chi connectivity index (χ1n) is 17.2. The van der Waals surface area contributed by atoms with Crippen LogP contribution in [0.25, 0.3) is 0 Å².